The molecule has 4 heteroatoms. The molecule has 4 nitrogen and oxygen atoms in total. The molecule has 0 aliphatic carbocycles. The fraction of sp³-hybridized carbons (Fsp3) is 0.208. The highest BCUT2D eigenvalue weighted by Crippen LogP contribution is 2.21. The molecule has 0 saturated heterocycles. The number of hydrogen-bond donors (Lipinski definition) is 0. The Morgan fingerprint density at radius 2 is 1.46 bits per heavy atom. The summed E-state index contributed by atoms with van der Waals surface area (Å²) in [5.41, 5.74) is 3.00. The van der Waals surface area contributed by atoms with Crippen molar-refractivity contribution < 1.29 is 14.3 Å². The number of benzene rings is 3. The number of carbonyl (C=O) groups excluding carboxylic acids is 1. The number of rotatable bonds is 8. The molecular formula is C24H25NO3. The Kier molecular flexibility index (Phi) is 6.68. The Hall–Kier alpha value is -3.27. The van der Waals surface area contributed by atoms with Crippen molar-refractivity contribution in [3.8, 4) is 11.5 Å². The van der Waals surface area contributed by atoms with Crippen LogP contribution in [0.1, 0.15) is 11.1 Å². The van der Waals surface area contributed by atoms with Gasteiger partial charge in [0, 0.05) is 12.2 Å². The molecule has 1 amide bonds. The van der Waals surface area contributed by atoms with Crippen molar-refractivity contribution in [3.05, 3.63) is 90.0 Å². The van der Waals surface area contributed by atoms with Crippen LogP contribution >= 0.6 is 0 Å². The van der Waals surface area contributed by atoms with E-state index in [1.165, 1.54) is 0 Å². The smallest absolute Gasteiger partial charge is 0.231 e. The van der Waals surface area contributed by atoms with E-state index in [2.05, 4.69) is 6.07 Å². The van der Waals surface area contributed by atoms with Crippen LogP contribution in [0, 0.1) is 0 Å². The lowest BCUT2D eigenvalue weighted by Crippen LogP contribution is -2.34. The normalized spacial score (nSPS) is 10.4. The predicted octanol–water partition coefficient (Wildman–Crippen LogP) is 4.52. The van der Waals surface area contributed by atoms with E-state index in [1.807, 2.05) is 77.7 Å². The second-order valence-corrected chi connectivity index (χ2v) is 6.51. The maximum absolute atomic E-state index is 13.1. The molecule has 0 fully saturated rings. The van der Waals surface area contributed by atoms with Crippen LogP contribution in [0.3, 0.4) is 0 Å². The van der Waals surface area contributed by atoms with Crippen LogP contribution in [0.25, 0.3) is 0 Å². The van der Waals surface area contributed by atoms with Gasteiger partial charge in [0.2, 0.25) is 5.91 Å². The molecule has 3 aromatic rings. The second kappa shape index (κ2) is 9.60. The highest BCUT2D eigenvalue weighted by Gasteiger charge is 2.16. The molecule has 0 unspecified atom stereocenters. The van der Waals surface area contributed by atoms with Gasteiger partial charge in [-0.2, -0.15) is 0 Å². The average molecular weight is 375 g/mol. The minimum absolute atomic E-state index is 0.0688. The Morgan fingerprint density at radius 1 is 0.786 bits per heavy atom. The van der Waals surface area contributed by atoms with Crippen molar-refractivity contribution in [1.29, 1.82) is 0 Å². The highest BCUT2D eigenvalue weighted by molar-refractivity contribution is 5.94. The van der Waals surface area contributed by atoms with E-state index < -0.39 is 0 Å². The molecule has 144 valence electrons. The quantitative estimate of drug-likeness (QED) is 0.581. The van der Waals surface area contributed by atoms with Gasteiger partial charge in [-0.15, -0.1) is 0 Å². The molecule has 0 aliphatic heterocycles. The Bertz CT molecular complexity index is 891. The topological polar surface area (TPSA) is 38.8 Å². The van der Waals surface area contributed by atoms with Gasteiger partial charge in [-0.3, -0.25) is 4.79 Å². The summed E-state index contributed by atoms with van der Waals surface area (Å²) in [6, 6.07) is 25.4. The van der Waals surface area contributed by atoms with Crippen LogP contribution < -0.4 is 14.4 Å². The number of carbonyl (C=O) groups is 1. The number of methoxy groups -OCH3 is 2. The molecule has 0 N–H and O–H groups in total. The van der Waals surface area contributed by atoms with Crippen LogP contribution in [0.4, 0.5) is 5.69 Å². The molecule has 0 aromatic heterocycles. The Balaban J connectivity index is 1.79. The van der Waals surface area contributed by atoms with E-state index in [-0.39, 0.29) is 5.91 Å². The number of ether oxygens (including phenoxy) is 2. The first-order chi connectivity index (χ1) is 13.7. The molecule has 3 aromatic carbocycles. The first kappa shape index (κ1) is 19.5. The number of anilines is 1. The van der Waals surface area contributed by atoms with Gasteiger partial charge in [0.15, 0.2) is 0 Å². The Morgan fingerprint density at radius 3 is 2.14 bits per heavy atom. The van der Waals surface area contributed by atoms with Crippen molar-refractivity contribution in [2.75, 3.05) is 25.7 Å². The van der Waals surface area contributed by atoms with Gasteiger partial charge in [0.05, 0.1) is 20.6 Å². The fourth-order valence-corrected chi connectivity index (χ4v) is 3.09. The average Bonchev–Trinajstić information content (AvgIpc) is 2.75. The van der Waals surface area contributed by atoms with Crippen molar-refractivity contribution in [2.24, 2.45) is 0 Å². The summed E-state index contributed by atoms with van der Waals surface area (Å²) in [6.45, 7) is 0.588. The molecule has 0 heterocycles. The zero-order chi connectivity index (χ0) is 19.8. The number of hydrogen-bond acceptors (Lipinski definition) is 3. The van der Waals surface area contributed by atoms with Gasteiger partial charge in [0.1, 0.15) is 11.5 Å². The predicted molar refractivity (Wildman–Crippen MR) is 112 cm³/mol. The SMILES string of the molecule is COc1ccc(N(CCc2cccc(OC)c2)C(=O)Cc2ccccc2)cc1. The lowest BCUT2D eigenvalue weighted by molar-refractivity contribution is -0.118. The van der Waals surface area contributed by atoms with Crippen molar-refractivity contribution in [1.82, 2.24) is 0 Å². The number of amides is 1. The molecular weight excluding hydrogens is 350 g/mol. The summed E-state index contributed by atoms with van der Waals surface area (Å²) in [5.74, 6) is 1.66. The molecule has 28 heavy (non-hydrogen) atoms. The standard InChI is InChI=1S/C24H25NO3/c1-27-22-13-11-21(12-14-22)25(24(26)18-19-7-4-3-5-8-19)16-15-20-9-6-10-23(17-20)28-2/h3-14,17H,15-16,18H2,1-2H3. The number of nitrogens with zero attached hydrogens (tertiary/aromatic N) is 1. The summed E-state index contributed by atoms with van der Waals surface area (Å²) < 4.78 is 10.5. The van der Waals surface area contributed by atoms with Crippen LogP contribution in [0.15, 0.2) is 78.9 Å². The highest BCUT2D eigenvalue weighted by atomic mass is 16.5. The largest absolute Gasteiger partial charge is 0.497 e. The first-order valence-electron chi connectivity index (χ1n) is 9.31. The van der Waals surface area contributed by atoms with Gasteiger partial charge in [-0.05, 0) is 53.9 Å². The first-order valence-corrected chi connectivity index (χ1v) is 9.31. The minimum atomic E-state index is 0.0688. The molecule has 3 rings (SSSR count). The van der Waals surface area contributed by atoms with E-state index in [0.29, 0.717) is 13.0 Å². The third-order valence-corrected chi connectivity index (χ3v) is 4.64. The van der Waals surface area contributed by atoms with E-state index >= 15 is 0 Å². The molecule has 0 saturated carbocycles. The van der Waals surface area contributed by atoms with Gasteiger partial charge in [0.25, 0.3) is 0 Å². The van der Waals surface area contributed by atoms with Gasteiger partial charge >= 0.3 is 0 Å². The summed E-state index contributed by atoms with van der Waals surface area (Å²) >= 11 is 0. The van der Waals surface area contributed by atoms with Crippen LogP contribution in [-0.4, -0.2) is 26.7 Å². The summed E-state index contributed by atoms with van der Waals surface area (Å²) in [5, 5.41) is 0. The monoisotopic (exact) mass is 375 g/mol. The maximum atomic E-state index is 13.1. The molecule has 0 spiro atoms. The van der Waals surface area contributed by atoms with Crippen molar-refractivity contribution >= 4 is 11.6 Å². The van der Waals surface area contributed by atoms with Crippen LogP contribution in [0.5, 0.6) is 11.5 Å². The van der Waals surface area contributed by atoms with E-state index in [9.17, 15) is 4.79 Å². The van der Waals surface area contributed by atoms with Crippen LogP contribution in [-0.2, 0) is 17.6 Å². The minimum Gasteiger partial charge on any atom is -0.497 e. The van der Waals surface area contributed by atoms with Gasteiger partial charge in [-0.1, -0.05) is 42.5 Å². The summed E-state index contributed by atoms with van der Waals surface area (Å²) in [7, 11) is 3.29. The lowest BCUT2D eigenvalue weighted by Gasteiger charge is -2.23. The molecule has 0 radical (unpaired) electrons. The second-order valence-electron chi connectivity index (χ2n) is 6.51. The van der Waals surface area contributed by atoms with E-state index in [4.69, 9.17) is 9.47 Å². The molecule has 0 atom stereocenters. The van der Waals surface area contributed by atoms with Crippen molar-refractivity contribution in [3.63, 3.8) is 0 Å². The van der Waals surface area contributed by atoms with Crippen molar-refractivity contribution in [2.45, 2.75) is 12.8 Å². The third-order valence-electron chi connectivity index (χ3n) is 4.64. The zero-order valence-corrected chi connectivity index (χ0v) is 16.3. The molecule has 0 bridgehead atoms. The third kappa shape index (κ3) is 5.13. The van der Waals surface area contributed by atoms with E-state index in [0.717, 1.165) is 34.7 Å². The summed E-state index contributed by atoms with van der Waals surface area (Å²) in [6.07, 6.45) is 1.11. The molecule has 0 aliphatic rings. The van der Waals surface area contributed by atoms with Gasteiger partial charge < -0.3 is 14.4 Å². The maximum Gasteiger partial charge on any atom is 0.231 e. The fourth-order valence-electron chi connectivity index (χ4n) is 3.09. The zero-order valence-electron chi connectivity index (χ0n) is 16.3. The Labute approximate surface area is 166 Å². The summed E-state index contributed by atoms with van der Waals surface area (Å²) in [4.78, 5) is 14.9. The van der Waals surface area contributed by atoms with Gasteiger partial charge in [-0.25, -0.2) is 0 Å². The van der Waals surface area contributed by atoms with E-state index in [1.54, 1.807) is 14.2 Å². The lowest BCUT2D eigenvalue weighted by atomic mass is 10.1. The van der Waals surface area contributed by atoms with Crippen LogP contribution in [0.2, 0.25) is 0 Å².